The van der Waals surface area contributed by atoms with Crippen molar-refractivity contribution in [3.8, 4) is 0 Å². The largest absolute Gasteiger partial charge is 0.348 e. The lowest BCUT2D eigenvalue weighted by molar-refractivity contribution is 0.0912. The summed E-state index contributed by atoms with van der Waals surface area (Å²) in [6.45, 7) is 0. The molecule has 0 saturated heterocycles. The number of hydrogen-bond acceptors (Lipinski definition) is 4. The van der Waals surface area contributed by atoms with Gasteiger partial charge in [0.15, 0.2) is 0 Å². The van der Waals surface area contributed by atoms with Gasteiger partial charge in [0.05, 0.1) is 11.9 Å². The van der Waals surface area contributed by atoms with E-state index in [0.29, 0.717) is 6.04 Å². The molecule has 1 heterocycles. The van der Waals surface area contributed by atoms with E-state index in [1.54, 1.807) is 0 Å². The highest BCUT2D eigenvalue weighted by Crippen LogP contribution is 2.23. The van der Waals surface area contributed by atoms with Crippen LogP contribution in [0.4, 0.5) is 14.5 Å². The molecule has 3 rings (SSSR count). The number of nitrogens with zero attached hydrogens (tertiary/aromatic N) is 2. The van der Waals surface area contributed by atoms with E-state index in [9.17, 15) is 18.4 Å². The number of aromatic nitrogens is 2. The minimum Gasteiger partial charge on any atom is -0.348 e. The molecule has 3 N–H and O–H groups in total. The summed E-state index contributed by atoms with van der Waals surface area (Å²) in [6, 6.07) is 3.68. The highest BCUT2D eigenvalue weighted by atomic mass is 19.1. The van der Waals surface area contributed by atoms with E-state index in [4.69, 9.17) is 0 Å². The molecule has 1 fully saturated rings. The fourth-order valence-corrected chi connectivity index (χ4v) is 3.45. The maximum Gasteiger partial charge on any atom is 0.271 e. The van der Waals surface area contributed by atoms with Crippen molar-refractivity contribution in [2.24, 2.45) is 0 Å². The molecule has 1 saturated carbocycles. The van der Waals surface area contributed by atoms with Gasteiger partial charge in [-0.15, -0.1) is 0 Å². The summed E-state index contributed by atoms with van der Waals surface area (Å²) >= 11 is 0. The van der Waals surface area contributed by atoms with Crippen LogP contribution in [0.25, 0.3) is 0 Å². The number of halogens is 2. The Kier molecular flexibility index (Phi) is 6.03. The summed E-state index contributed by atoms with van der Waals surface area (Å²) in [5.41, 5.74) is -0.607. The highest BCUT2D eigenvalue weighted by molar-refractivity contribution is 6.08. The van der Waals surface area contributed by atoms with Gasteiger partial charge in [-0.1, -0.05) is 6.07 Å². The van der Waals surface area contributed by atoms with Gasteiger partial charge < -0.3 is 15.5 Å². The molecule has 7 nitrogen and oxygen atoms in total. The van der Waals surface area contributed by atoms with E-state index in [2.05, 4.69) is 25.7 Å². The first kappa shape index (κ1) is 19.9. The maximum atomic E-state index is 13.8. The number of anilines is 1. The number of aromatic amines is 1. The molecule has 0 unspecified atom stereocenters. The van der Waals surface area contributed by atoms with Gasteiger partial charge >= 0.3 is 0 Å². The predicted octanol–water partition coefficient (Wildman–Crippen LogP) is 2.54. The van der Waals surface area contributed by atoms with Crippen molar-refractivity contribution >= 4 is 17.5 Å². The van der Waals surface area contributed by atoms with Gasteiger partial charge in [0.2, 0.25) is 0 Å². The van der Waals surface area contributed by atoms with E-state index < -0.39 is 29.0 Å². The van der Waals surface area contributed by atoms with Crippen LogP contribution in [0.5, 0.6) is 0 Å². The molecule has 2 amide bonds. The van der Waals surface area contributed by atoms with Crippen molar-refractivity contribution in [1.29, 1.82) is 0 Å². The Balaban J connectivity index is 1.65. The Morgan fingerprint density at radius 2 is 1.75 bits per heavy atom. The molecule has 28 heavy (non-hydrogen) atoms. The Hall–Kier alpha value is -2.81. The summed E-state index contributed by atoms with van der Waals surface area (Å²) in [4.78, 5) is 27.0. The molecular formula is C19H23F2N5O2. The third-order valence-electron chi connectivity index (χ3n) is 5.07. The van der Waals surface area contributed by atoms with Crippen LogP contribution in [0.1, 0.15) is 46.5 Å². The standard InChI is InChI=1S/C19H23F2N5O2/c1-26(2)12-8-6-11(7-9-12)23-19(28)17-15(10-22-25-17)24-18(27)16-13(20)4-3-5-14(16)21/h3-5,10-12H,6-9H2,1-2H3,(H,22,25)(H,23,28)(H,24,27). The van der Waals surface area contributed by atoms with Crippen LogP contribution in [0.3, 0.4) is 0 Å². The molecule has 1 aromatic heterocycles. The average molecular weight is 391 g/mol. The first-order valence-corrected chi connectivity index (χ1v) is 9.13. The van der Waals surface area contributed by atoms with Crippen molar-refractivity contribution in [3.63, 3.8) is 0 Å². The Labute approximate surface area is 161 Å². The molecule has 150 valence electrons. The van der Waals surface area contributed by atoms with Gasteiger partial charge in [-0.05, 0) is 51.9 Å². The molecule has 0 spiro atoms. The lowest BCUT2D eigenvalue weighted by Crippen LogP contribution is -2.42. The molecule has 1 aliphatic carbocycles. The van der Waals surface area contributed by atoms with E-state index in [0.717, 1.165) is 37.8 Å². The topological polar surface area (TPSA) is 90.1 Å². The van der Waals surface area contributed by atoms with Crippen LogP contribution < -0.4 is 10.6 Å². The molecule has 9 heteroatoms. The van der Waals surface area contributed by atoms with Crippen molar-refractivity contribution in [2.45, 2.75) is 37.8 Å². The number of hydrogen-bond donors (Lipinski definition) is 3. The van der Waals surface area contributed by atoms with Crippen molar-refractivity contribution < 1.29 is 18.4 Å². The molecule has 0 atom stereocenters. The van der Waals surface area contributed by atoms with E-state index >= 15 is 0 Å². The summed E-state index contributed by atoms with van der Waals surface area (Å²) in [5.74, 6) is -3.37. The quantitative estimate of drug-likeness (QED) is 0.731. The fourth-order valence-electron chi connectivity index (χ4n) is 3.45. The number of carbonyl (C=O) groups is 2. The van der Waals surface area contributed by atoms with E-state index in [1.165, 1.54) is 12.3 Å². The lowest BCUT2D eigenvalue weighted by Gasteiger charge is -2.32. The molecule has 0 aliphatic heterocycles. The third kappa shape index (κ3) is 4.36. The number of amides is 2. The number of nitrogens with one attached hydrogen (secondary N) is 3. The first-order valence-electron chi connectivity index (χ1n) is 9.13. The number of rotatable bonds is 5. The monoisotopic (exact) mass is 391 g/mol. The summed E-state index contributed by atoms with van der Waals surface area (Å²) in [7, 11) is 4.09. The predicted molar refractivity (Wildman–Crippen MR) is 100 cm³/mol. The zero-order valence-electron chi connectivity index (χ0n) is 15.8. The second-order valence-electron chi connectivity index (χ2n) is 7.15. The zero-order valence-corrected chi connectivity index (χ0v) is 15.8. The molecule has 1 aliphatic rings. The molecule has 0 bridgehead atoms. The zero-order chi connectivity index (χ0) is 20.3. The summed E-state index contributed by atoms with van der Waals surface area (Å²) in [6.07, 6.45) is 4.90. The normalized spacial score (nSPS) is 19.5. The van der Waals surface area contributed by atoms with Gasteiger partial charge in [-0.3, -0.25) is 14.7 Å². The highest BCUT2D eigenvalue weighted by Gasteiger charge is 2.26. The van der Waals surface area contributed by atoms with Crippen molar-refractivity contribution in [2.75, 3.05) is 19.4 Å². The maximum absolute atomic E-state index is 13.8. The molecule has 2 aromatic rings. The minimum atomic E-state index is -0.988. The Bertz CT molecular complexity index is 840. The van der Waals surface area contributed by atoms with Crippen molar-refractivity contribution in [1.82, 2.24) is 20.4 Å². The second-order valence-corrected chi connectivity index (χ2v) is 7.15. The number of carbonyl (C=O) groups excluding carboxylic acids is 2. The van der Waals surface area contributed by atoms with Crippen LogP contribution >= 0.6 is 0 Å². The molecule has 0 radical (unpaired) electrons. The summed E-state index contributed by atoms with van der Waals surface area (Å²) < 4.78 is 27.6. The Morgan fingerprint density at radius 1 is 1.11 bits per heavy atom. The van der Waals surface area contributed by atoms with Crippen LogP contribution in [0, 0.1) is 11.6 Å². The average Bonchev–Trinajstić information content (AvgIpc) is 3.10. The van der Waals surface area contributed by atoms with Gasteiger partial charge in [-0.25, -0.2) is 8.78 Å². The molecular weight excluding hydrogens is 368 g/mol. The van der Waals surface area contributed by atoms with Crippen LogP contribution in [-0.2, 0) is 0 Å². The SMILES string of the molecule is CN(C)C1CCC(NC(=O)c2[nH]ncc2NC(=O)c2c(F)cccc2F)CC1. The van der Waals surface area contributed by atoms with Gasteiger partial charge in [0.1, 0.15) is 22.9 Å². The third-order valence-corrected chi connectivity index (χ3v) is 5.07. The number of H-pyrrole nitrogens is 1. The minimum absolute atomic E-state index is 0.0274. The van der Waals surface area contributed by atoms with Gasteiger partial charge in [0, 0.05) is 12.1 Å². The van der Waals surface area contributed by atoms with E-state index in [1.807, 2.05) is 14.1 Å². The van der Waals surface area contributed by atoms with Crippen LogP contribution in [-0.4, -0.2) is 53.1 Å². The Morgan fingerprint density at radius 3 is 2.36 bits per heavy atom. The second kappa shape index (κ2) is 8.47. The van der Waals surface area contributed by atoms with E-state index in [-0.39, 0.29) is 17.4 Å². The van der Waals surface area contributed by atoms with Gasteiger partial charge in [0.25, 0.3) is 11.8 Å². The first-order chi connectivity index (χ1) is 13.4. The van der Waals surface area contributed by atoms with Gasteiger partial charge in [-0.2, -0.15) is 5.10 Å². The van der Waals surface area contributed by atoms with Crippen molar-refractivity contribution in [3.05, 3.63) is 47.3 Å². The van der Waals surface area contributed by atoms with Crippen LogP contribution in [0.15, 0.2) is 24.4 Å². The molecule has 1 aromatic carbocycles. The smallest absolute Gasteiger partial charge is 0.271 e. The lowest BCUT2D eigenvalue weighted by atomic mass is 9.90. The fraction of sp³-hybridized carbons (Fsp3) is 0.421. The number of benzene rings is 1. The van der Waals surface area contributed by atoms with Crippen LogP contribution in [0.2, 0.25) is 0 Å². The summed E-state index contributed by atoms with van der Waals surface area (Å²) in [5, 5.41) is 11.6.